The normalized spacial score (nSPS) is 24.1. The molecule has 2 aliphatic rings. The number of carbonyl (C=O) groups excluding carboxylic acids is 2. The van der Waals surface area contributed by atoms with Gasteiger partial charge in [-0.05, 0) is 25.0 Å². The molecule has 2 saturated heterocycles. The van der Waals surface area contributed by atoms with Crippen molar-refractivity contribution in [1.82, 2.24) is 9.21 Å². The van der Waals surface area contributed by atoms with Crippen molar-refractivity contribution in [3.05, 3.63) is 30.3 Å². The van der Waals surface area contributed by atoms with Gasteiger partial charge >= 0.3 is 0 Å². The Kier molecular flexibility index (Phi) is 6.98. The minimum atomic E-state index is -3.64. The number of nitrogens with zero attached hydrogens (tertiary/aromatic N) is 3. The number of hydrogen-bond acceptors (Lipinski definition) is 5. The minimum absolute atomic E-state index is 0. The van der Waals surface area contributed by atoms with E-state index >= 15 is 0 Å². The van der Waals surface area contributed by atoms with E-state index in [4.69, 9.17) is 0 Å². The Labute approximate surface area is 173 Å². The number of halogens is 1. The highest BCUT2D eigenvalue weighted by molar-refractivity contribution is 7.88. The Morgan fingerprint density at radius 3 is 2.46 bits per heavy atom. The quantitative estimate of drug-likeness (QED) is 0.688. The van der Waals surface area contributed by atoms with Crippen LogP contribution in [0, 0.1) is 5.92 Å². The van der Waals surface area contributed by atoms with E-state index < -0.39 is 22.0 Å². The molecule has 0 N–H and O–H groups in total. The molecule has 1 aromatic carbocycles. The molecule has 156 valence electrons. The minimum Gasteiger partial charge on any atom is -0.365 e. The van der Waals surface area contributed by atoms with E-state index in [1.165, 1.54) is 0 Å². The summed E-state index contributed by atoms with van der Waals surface area (Å²) in [5, 5.41) is 0. The lowest BCUT2D eigenvalue weighted by Crippen LogP contribution is -2.46. The average molecular weight is 430 g/mol. The third-order valence-electron chi connectivity index (χ3n) is 5.51. The third-order valence-corrected chi connectivity index (χ3v) is 6.68. The topological polar surface area (TPSA) is 78.0 Å². The standard InChI is InChI=1S/C19H27N3O4S.ClH/c1-4-8-15-18-16(22(19(15)24)27(3,25)26)11-12-21(18)17(23)13-20(2)14-9-6-5-7-10-14;/h5-7,9-10,15-16,18H,4,8,11-13H2,1-3H3;1H/t15-,16+,18-;/m1./s1. The molecule has 0 aromatic heterocycles. The van der Waals surface area contributed by atoms with Crippen molar-refractivity contribution in [3.63, 3.8) is 0 Å². The van der Waals surface area contributed by atoms with Crippen molar-refractivity contribution in [2.75, 3.05) is 31.3 Å². The fourth-order valence-corrected chi connectivity index (χ4v) is 5.57. The fourth-order valence-electron chi connectivity index (χ4n) is 4.39. The van der Waals surface area contributed by atoms with Gasteiger partial charge in [-0.15, -0.1) is 12.4 Å². The maximum absolute atomic E-state index is 13.0. The maximum Gasteiger partial charge on any atom is 0.242 e. The number of rotatable bonds is 6. The van der Waals surface area contributed by atoms with Crippen LogP contribution in [-0.2, 0) is 19.6 Å². The first-order valence-electron chi connectivity index (χ1n) is 9.34. The van der Waals surface area contributed by atoms with Crippen LogP contribution in [0.2, 0.25) is 0 Å². The van der Waals surface area contributed by atoms with Gasteiger partial charge in [0.1, 0.15) is 0 Å². The molecular weight excluding hydrogens is 402 g/mol. The Hall–Kier alpha value is -1.80. The summed E-state index contributed by atoms with van der Waals surface area (Å²) in [6.07, 6.45) is 2.93. The summed E-state index contributed by atoms with van der Waals surface area (Å²) >= 11 is 0. The molecule has 0 aliphatic carbocycles. The third kappa shape index (κ3) is 4.12. The molecule has 0 unspecified atom stereocenters. The van der Waals surface area contributed by atoms with Gasteiger partial charge in [0.25, 0.3) is 0 Å². The molecule has 3 atom stereocenters. The molecule has 2 heterocycles. The van der Waals surface area contributed by atoms with E-state index in [2.05, 4.69) is 0 Å². The van der Waals surface area contributed by atoms with Gasteiger partial charge in [-0.3, -0.25) is 9.59 Å². The van der Waals surface area contributed by atoms with Gasteiger partial charge in [0, 0.05) is 19.3 Å². The molecule has 7 nitrogen and oxygen atoms in total. The highest BCUT2D eigenvalue weighted by Gasteiger charge is 2.57. The summed E-state index contributed by atoms with van der Waals surface area (Å²) in [5.74, 6) is -0.871. The SMILES string of the molecule is CCC[C@H]1C(=O)N(S(C)(=O)=O)[C@H]2CCN(C(=O)CN(C)c3ccccc3)[C@H]12.Cl. The smallest absolute Gasteiger partial charge is 0.242 e. The van der Waals surface area contributed by atoms with Crippen LogP contribution in [0.25, 0.3) is 0 Å². The zero-order valence-corrected chi connectivity index (χ0v) is 18.1. The van der Waals surface area contributed by atoms with E-state index in [1.54, 1.807) is 4.90 Å². The molecule has 0 spiro atoms. The monoisotopic (exact) mass is 429 g/mol. The number of benzene rings is 1. The lowest BCUT2D eigenvalue weighted by Gasteiger charge is -2.29. The van der Waals surface area contributed by atoms with Crippen molar-refractivity contribution in [2.24, 2.45) is 5.92 Å². The predicted molar refractivity (Wildman–Crippen MR) is 111 cm³/mol. The van der Waals surface area contributed by atoms with Gasteiger partial charge < -0.3 is 9.80 Å². The molecule has 2 fully saturated rings. The van der Waals surface area contributed by atoms with Crippen LogP contribution in [-0.4, -0.2) is 67.9 Å². The molecule has 3 rings (SSSR count). The second-order valence-electron chi connectivity index (χ2n) is 7.42. The summed E-state index contributed by atoms with van der Waals surface area (Å²) in [6.45, 7) is 2.64. The van der Waals surface area contributed by atoms with E-state index in [0.29, 0.717) is 19.4 Å². The van der Waals surface area contributed by atoms with Crippen LogP contribution < -0.4 is 4.90 Å². The van der Waals surface area contributed by atoms with Gasteiger partial charge in [0.15, 0.2) is 0 Å². The molecule has 2 amide bonds. The first kappa shape index (κ1) is 22.5. The van der Waals surface area contributed by atoms with E-state index in [0.717, 1.165) is 22.7 Å². The van der Waals surface area contributed by atoms with Crippen LogP contribution in [0.3, 0.4) is 0 Å². The molecule has 9 heteroatoms. The van der Waals surface area contributed by atoms with E-state index in [1.807, 2.05) is 49.2 Å². The van der Waals surface area contributed by atoms with Gasteiger partial charge in [0.05, 0.1) is 30.8 Å². The lowest BCUT2D eigenvalue weighted by molar-refractivity contribution is -0.132. The zero-order chi connectivity index (χ0) is 19.8. The number of carbonyl (C=O) groups is 2. The number of para-hydroxylation sites is 1. The number of sulfonamides is 1. The maximum atomic E-state index is 13.0. The predicted octanol–water partition coefficient (Wildman–Crippen LogP) is 1.73. The second-order valence-corrected chi connectivity index (χ2v) is 9.28. The van der Waals surface area contributed by atoms with E-state index in [9.17, 15) is 18.0 Å². The molecule has 28 heavy (non-hydrogen) atoms. The summed E-state index contributed by atoms with van der Waals surface area (Å²) in [4.78, 5) is 29.4. The van der Waals surface area contributed by atoms with Crippen LogP contribution >= 0.6 is 12.4 Å². The Bertz CT molecular complexity index is 818. The molecule has 2 aliphatic heterocycles. The summed E-state index contributed by atoms with van der Waals surface area (Å²) in [7, 11) is -1.78. The largest absolute Gasteiger partial charge is 0.365 e. The molecule has 0 bridgehead atoms. The van der Waals surface area contributed by atoms with Crippen LogP contribution in [0.4, 0.5) is 5.69 Å². The Morgan fingerprint density at radius 1 is 1.25 bits per heavy atom. The van der Waals surface area contributed by atoms with Crippen molar-refractivity contribution >= 4 is 39.9 Å². The first-order chi connectivity index (χ1) is 12.8. The number of hydrogen-bond donors (Lipinski definition) is 0. The van der Waals surface area contributed by atoms with Crippen LogP contribution in [0.1, 0.15) is 26.2 Å². The van der Waals surface area contributed by atoms with Crippen molar-refractivity contribution in [2.45, 2.75) is 38.3 Å². The number of anilines is 1. The number of likely N-dealkylation sites (tertiary alicyclic amines) is 1. The number of likely N-dealkylation sites (N-methyl/N-ethyl adjacent to an activating group) is 1. The highest BCUT2D eigenvalue weighted by Crippen LogP contribution is 2.40. The number of amides is 2. The average Bonchev–Trinajstić information content (AvgIpc) is 3.14. The summed E-state index contributed by atoms with van der Waals surface area (Å²) in [5.41, 5.74) is 0.937. The molecule has 0 saturated carbocycles. The van der Waals surface area contributed by atoms with Gasteiger partial charge in [-0.1, -0.05) is 31.5 Å². The lowest BCUT2D eigenvalue weighted by atomic mass is 9.94. The van der Waals surface area contributed by atoms with Crippen molar-refractivity contribution < 1.29 is 18.0 Å². The summed E-state index contributed by atoms with van der Waals surface area (Å²) < 4.78 is 25.4. The first-order valence-corrected chi connectivity index (χ1v) is 11.2. The fraction of sp³-hybridized carbons (Fsp3) is 0.579. The summed E-state index contributed by atoms with van der Waals surface area (Å²) in [6, 6.07) is 8.83. The highest BCUT2D eigenvalue weighted by atomic mass is 35.5. The van der Waals surface area contributed by atoms with Gasteiger partial charge in [-0.2, -0.15) is 0 Å². The molecule has 1 aromatic rings. The van der Waals surface area contributed by atoms with Crippen molar-refractivity contribution in [3.8, 4) is 0 Å². The van der Waals surface area contributed by atoms with Gasteiger partial charge in [-0.25, -0.2) is 12.7 Å². The molecular formula is C19H28ClN3O4S. The van der Waals surface area contributed by atoms with E-state index in [-0.39, 0.29) is 36.8 Å². The second kappa shape index (κ2) is 8.69. The van der Waals surface area contributed by atoms with Gasteiger partial charge in [0.2, 0.25) is 21.8 Å². The Morgan fingerprint density at radius 2 is 1.89 bits per heavy atom. The zero-order valence-electron chi connectivity index (χ0n) is 16.4. The Balaban J connectivity index is 0.00000280. The van der Waals surface area contributed by atoms with Crippen LogP contribution in [0.15, 0.2) is 30.3 Å². The molecule has 0 radical (unpaired) electrons. The van der Waals surface area contributed by atoms with Crippen LogP contribution in [0.5, 0.6) is 0 Å². The van der Waals surface area contributed by atoms with Crippen molar-refractivity contribution in [1.29, 1.82) is 0 Å². The number of fused-ring (bicyclic) bond motifs is 1.